The molecule has 3 rings (SSSR count). The van der Waals surface area contributed by atoms with Gasteiger partial charge in [-0.15, -0.1) is 6.42 Å². The van der Waals surface area contributed by atoms with Crippen LogP contribution in [0.5, 0.6) is 0 Å². The first kappa shape index (κ1) is 13.9. The first-order valence-electron chi connectivity index (χ1n) is 7.25. The van der Waals surface area contributed by atoms with E-state index in [1.807, 2.05) is 36.4 Å². The maximum atomic E-state index is 10.7. The minimum Gasteiger partial charge on any atom is -0.377 e. The fourth-order valence-corrected chi connectivity index (χ4v) is 3.22. The molecule has 2 heteroatoms. The first-order chi connectivity index (χ1) is 10.2. The molecule has 0 saturated carbocycles. The second-order valence-corrected chi connectivity index (χ2v) is 5.67. The lowest BCUT2D eigenvalue weighted by Gasteiger charge is -2.45. The van der Waals surface area contributed by atoms with E-state index >= 15 is 0 Å². The van der Waals surface area contributed by atoms with Crippen LogP contribution in [0.4, 0.5) is 0 Å². The fraction of sp³-hybridized carbons (Fsp3) is 0.263. The number of piperidine rings is 1. The molecule has 0 aromatic heterocycles. The molecule has 0 radical (unpaired) electrons. The second-order valence-electron chi connectivity index (χ2n) is 5.67. The third-order valence-corrected chi connectivity index (χ3v) is 4.32. The highest BCUT2D eigenvalue weighted by Gasteiger charge is 2.45. The van der Waals surface area contributed by atoms with Gasteiger partial charge in [-0.25, -0.2) is 0 Å². The third-order valence-electron chi connectivity index (χ3n) is 4.32. The molecule has 0 bridgehead atoms. The Morgan fingerprint density at radius 2 is 1.48 bits per heavy atom. The van der Waals surface area contributed by atoms with Crippen LogP contribution < -0.4 is 5.32 Å². The summed E-state index contributed by atoms with van der Waals surface area (Å²) in [5.74, 6) is 2.59. The Kier molecular flexibility index (Phi) is 3.55. The molecule has 21 heavy (non-hydrogen) atoms. The van der Waals surface area contributed by atoms with E-state index in [0.29, 0.717) is 19.4 Å². The van der Waals surface area contributed by atoms with Crippen molar-refractivity contribution in [1.29, 1.82) is 0 Å². The molecule has 1 aliphatic heterocycles. The van der Waals surface area contributed by atoms with Crippen molar-refractivity contribution in [3.8, 4) is 12.3 Å². The van der Waals surface area contributed by atoms with Gasteiger partial charge in [-0.2, -0.15) is 0 Å². The molecule has 0 spiro atoms. The highest BCUT2D eigenvalue weighted by atomic mass is 16.3. The normalized spacial score (nSPS) is 24.2. The van der Waals surface area contributed by atoms with Crippen molar-refractivity contribution < 1.29 is 5.11 Å². The van der Waals surface area contributed by atoms with Crippen molar-refractivity contribution >= 4 is 0 Å². The molecule has 2 nitrogen and oxygen atoms in total. The summed E-state index contributed by atoms with van der Waals surface area (Å²) >= 11 is 0. The number of rotatable bonds is 2. The van der Waals surface area contributed by atoms with Crippen molar-refractivity contribution in [3.05, 3.63) is 71.8 Å². The molecule has 0 amide bonds. The van der Waals surface area contributed by atoms with E-state index in [-0.39, 0.29) is 0 Å². The van der Waals surface area contributed by atoms with Crippen molar-refractivity contribution in [2.24, 2.45) is 0 Å². The second kappa shape index (κ2) is 5.37. The van der Waals surface area contributed by atoms with Crippen molar-refractivity contribution in [1.82, 2.24) is 5.32 Å². The number of benzene rings is 2. The topological polar surface area (TPSA) is 32.3 Å². The molecule has 1 atom stereocenters. The van der Waals surface area contributed by atoms with E-state index in [9.17, 15) is 5.11 Å². The van der Waals surface area contributed by atoms with Gasteiger partial charge in [0.1, 0.15) is 5.60 Å². The van der Waals surface area contributed by atoms with Crippen LogP contribution in [0.15, 0.2) is 60.7 Å². The van der Waals surface area contributed by atoms with E-state index in [4.69, 9.17) is 6.42 Å². The Labute approximate surface area is 125 Å². The number of hydrogen-bond donors (Lipinski definition) is 2. The van der Waals surface area contributed by atoms with Gasteiger partial charge in [0.05, 0.1) is 5.54 Å². The highest BCUT2D eigenvalue weighted by Crippen LogP contribution is 2.40. The zero-order valence-corrected chi connectivity index (χ0v) is 11.9. The van der Waals surface area contributed by atoms with Gasteiger partial charge in [0.25, 0.3) is 0 Å². The largest absolute Gasteiger partial charge is 0.377 e. The summed E-state index contributed by atoms with van der Waals surface area (Å²) in [6.45, 7) is 0.685. The summed E-state index contributed by atoms with van der Waals surface area (Å²) in [6, 6.07) is 20.4. The minimum absolute atomic E-state index is 0.443. The molecule has 2 N–H and O–H groups in total. The summed E-state index contributed by atoms with van der Waals surface area (Å²) in [7, 11) is 0. The summed E-state index contributed by atoms with van der Waals surface area (Å²) in [4.78, 5) is 0. The molecule has 106 valence electrons. The zero-order chi connectivity index (χ0) is 14.8. The maximum absolute atomic E-state index is 10.7. The number of nitrogens with one attached hydrogen (secondary N) is 1. The molecule has 1 heterocycles. The third kappa shape index (κ3) is 2.47. The molecule has 1 aliphatic rings. The first-order valence-corrected chi connectivity index (χ1v) is 7.25. The lowest BCUT2D eigenvalue weighted by Crippen LogP contribution is -2.55. The molecule has 2 aromatic rings. The molecular formula is C19H19NO. The van der Waals surface area contributed by atoms with Gasteiger partial charge < -0.3 is 10.4 Å². The lowest BCUT2D eigenvalue weighted by molar-refractivity contribution is 0.0301. The molecule has 1 unspecified atom stereocenters. The SMILES string of the molecule is C#CC1(O)CCNC(c2ccccc2)(c2ccccc2)C1. The van der Waals surface area contributed by atoms with Gasteiger partial charge in [0, 0.05) is 12.8 Å². The number of terminal acetylenes is 1. The van der Waals surface area contributed by atoms with Crippen LogP contribution >= 0.6 is 0 Å². The molecule has 1 fully saturated rings. The smallest absolute Gasteiger partial charge is 0.128 e. The van der Waals surface area contributed by atoms with Crippen LogP contribution in [0, 0.1) is 12.3 Å². The van der Waals surface area contributed by atoms with E-state index in [1.54, 1.807) is 0 Å². The van der Waals surface area contributed by atoms with Gasteiger partial charge in [0.2, 0.25) is 0 Å². The fourth-order valence-electron chi connectivity index (χ4n) is 3.22. The van der Waals surface area contributed by atoms with Crippen LogP contribution in [0.3, 0.4) is 0 Å². The van der Waals surface area contributed by atoms with E-state index < -0.39 is 11.1 Å². The minimum atomic E-state index is -1.07. The Morgan fingerprint density at radius 3 is 1.95 bits per heavy atom. The van der Waals surface area contributed by atoms with Crippen molar-refractivity contribution in [2.75, 3.05) is 6.54 Å². The summed E-state index contributed by atoms with van der Waals surface area (Å²) in [6.07, 6.45) is 6.64. The van der Waals surface area contributed by atoms with E-state index in [2.05, 4.69) is 35.5 Å². The lowest BCUT2D eigenvalue weighted by atomic mass is 9.71. The van der Waals surface area contributed by atoms with Crippen LogP contribution in [0.2, 0.25) is 0 Å². The highest BCUT2D eigenvalue weighted by molar-refractivity contribution is 5.41. The standard InChI is InChI=1S/C19H19NO/c1-2-18(21)13-14-20-19(15-18,16-9-5-3-6-10-16)17-11-7-4-8-12-17/h1,3-12,20-21H,13-15H2. The monoisotopic (exact) mass is 277 g/mol. The Hall–Kier alpha value is -2.08. The average Bonchev–Trinajstić information content (AvgIpc) is 2.56. The molecule has 1 saturated heterocycles. The van der Waals surface area contributed by atoms with Crippen LogP contribution in [0.25, 0.3) is 0 Å². The predicted molar refractivity (Wildman–Crippen MR) is 84.7 cm³/mol. The van der Waals surface area contributed by atoms with Gasteiger partial charge in [0.15, 0.2) is 0 Å². The zero-order valence-electron chi connectivity index (χ0n) is 11.9. The van der Waals surface area contributed by atoms with Crippen LogP contribution in [-0.2, 0) is 5.54 Å². The van der Waals surface area contributed by atoms with Gasteiger partial charge in [-0.3, -0.25) is 0 Å². The van der Waals surface area contributed by atoms with Crippen LogP contribution in [0.1, 0.15) is 24.0 Å². The Bertz CT molecular complexity index is 605. The van der Waals surface area contributed by atoms with E-state index in [0.717, 1.165) is 11.1 Å². The quantitative estimate of drug-likeness (QED) is 0.827. The average molecular weight is 277 g/mol. The molecule has 2 aromatic carbocycles. The van der Waals surface area contributed by atoms with Crippen LogP contribution in [-0.4, -0.2) is 17.3 Å². The maximum Gasteiger partial charge on any atom is 0.128 e. The summed E-state index contributed by atoms with van der Waals surface area (Å²) < 4.78 is 0. The van der Waals surface area contributed by atoms with Gasteiger partial charge in [-0.1, -0.05) is 66.6 Å². The van der Waals surface area contributed by atoms with Crippen molar-refractivity contribution in [2.45, 2.75) is 24.0 Å². The van der Waals surface area contributed by atoms with E-state index in [1.165, 1.54) is 0 Å². The Morgan fingerprint density at radius 1 is 0.952 bits per heavy atom. The van der Waals surface area contributed by atoms with Gasteiger partial charge >= 0.3 is 0 Å². The molecule has 0 aliphatic carbocycles. The molecular weight excluding hydrogens is 258 g/mol. The summed E-state index contributed by atoms with van der Waals surface area (Å²) in [5.41, 5.74) is 0.743. The number of hydrogen-bond acceptors (Lipinski definition) is 2. The van der Waals surface area contributed by atoms with Crippen molar-refractivity contribution in [3.63, 3.8) is 0 Å². The predicted octanol–water partition coefficient (Wildman–Crippen LogP) is 2.68. The van der Waals surface area contributed by atoms with Gasteiger partial charge in [-0.05, 0) is 17.7 Å². The number of aliphatic hydroxyl groups is 1. The summed E-state index contributed by atoms with van der Waals surface area (Å²) in [5, 5.41) is 14.3. The Balaban J connectivity index is 2.15.